The second kappa shape index (κ2) is 4.95. The first-order chi connectivity index (χ1) is 8.56. The monoisotopic (exact) mass is 248 g/mol. The summed E-state index contributed by atoms with van der Waals surface area (Å²) in [6.45, 7) is 0.555. The lowest BCUT2D eigenvalue weighted by molar-refractivity contribution is -0.122. The summed E-state index contributed by atoms with van der Waals surface area (Å²) in [5, 5.41) is 5.99. The Morgan fingerprint density at radius 3 is 2.83 bits per heavy atom. The molecule has 1 heterocycles. The van der Waals surface area contributed by atoms with Crippen LogP contribution in [0.15, 0.2) is 18.2 Å². The molecule has 6 N–H and O–H groups in total. The van der Waals surface area contributed by atoms with Gasteiger partial charge in [-0.3, -0.25) is 9.59 Å². The number of hydrogen-bond donors (Lipinski definition) is 4. The predicted molar refractivity (Wildman–Crippen MR) is 69.0 cm³/mol. The van der Waals surface area contributed by atoms with Crippen LogP contribution in [0.25, 0.3) is 0 Å². The highest BCUT2D eigenvalue weighted by Gasteiger charge is 2.18. The number of nitrogens with one attached hydrogen (secondary N) is 2. The van der Waals surface area contributed by atoms with E-state index in [4.69, 9.17) is 11.5 Å². The van der Waals surface area contributed by atoms with Crippen molar-refractivity contribution in [1.29, 1.82) is 0 Å². The molecule has 2 rings (SSSR count). The summed E-state index contributed by atoms with van der Waals surface area (Å²) in [5.41, 5.74) is 12.7. The van der Waals surface area contributed by atoms with E-state index in [0.717, 1.165) is 6.42 Å². The van der Waals surface area contributed by atoms with Crippen LogP contribution in [-0.4, -0.2) is 24.4 Å². The van der Waals surface area contributed by atoms with Crippen molar-refractivity contribution in [2.45, 2.75) is 18.9 Å². The number of carbonyl (C=O) groups is 2. The smallest absolute Gasteiger partial charge is 0.248 e. The summed E-state index contributed by atoms with van der Waals surface area (Å²) in [6, 6.07) is 4.98. The Kier molecular flexibility index (Phi) is 3.36. The summed E-state index contributed by atoms with van der Waals surface area (Å²) in [4.78, 5) is 22.1. The first-order valence-corrected chi connectivity index (χ1v) is 5.79. The topological polar surface area (TPSA) is 110 Å². The number of carbonyl (C=O) groups excluding carboxylic acids is 2. The van der Waals surface area contributed by atoms with Crippen molar-refractivity contribution >= 4 is 23.2 Å². The fourth-order valence-corrected chi connectivity index (χ4v) is 1.91. The molecular formula is C12H16N4O2. The average Bonchev–Trinajstić information content (AvgIpc) is 2.34. The number of piperidine rings is 1. The number of nitrogen functional groups attached to an aromatic ring is 1. The number of primary amides is 1. The highest BCUT2D eigenvalue weighted by molar-refractivity contribution is 5.95. The van der Waals surface area contributed by atoms with Crippen LogP contribution in [0.1, 0.15) is 23.2 Å². The van der Waals surface area contributed by atoms with Crippen molar-refractivity contribution in [3.8, 4) is 0 Å². The Hall–Kier alpha value is -2.24. The Morgan fingerprint density at radius 2 is 2.22 bits per heavy atom. The van der Waals surface area contributed by atoms with Crippen molar-refractivity contribution in [1.82, 2.24) is 5.32 Å². The van der Waals surface area contributed by atoms with E-state index in [-0.39, 0.29) is 11.9 Å². The van der Waals surface area contributed by atoms with Gasteiger partial charge >= 0.3 is 0 Å². The molecule has 6 nitrogen and oxygen atoms in total. The van der Waals surface area contributed by atoms with Gasteiger partial charge in [-0.25, -0.2) is 0 Å². The van der Waals surface area contributed by atoms with Crippen molar-refractivity contribution in [3.05, 3.63) is 23.8 Å². The number of rotatable bonds is 3. The molecule has 1 aliphatic rings. The SMILES string of the molecule is NC(=O)c1ccc(N)c(NC2CCC(=O)NC2)c1. The molecule has 1 fully saturated rings. The molecule has 1 atom stereocenters. The zero-order valence-corrected chi connectivity index (χ0v) is 9.90. The van der Waals surface area contributed by atoms with Crippen LogP contribution < -0.4 is 22.1 Å². The number of nitrogens with two attached hydrogens (primary N) is 2. The zero-order chi connectivity index (χ0) is 13.1. The molecule has 1 aliphatic heterocycles. The first kappa shape index (κ1) is 12.2. The molecule has 0 aliphatic carbocycles. The number of hydrogen-bond acceptors (Lipinski definition) is 4. The molecule has 2 amide bonds. The van der Waals surface area contributed by atoms with Crippen LogP contribution in [0.4, 0.5) is 11.4 Å². The molecule has 18 heavy (non-hydrogen) atoms. The standard InChI is InChI=1S/C12H16N4O2/c13-9-3-1-7(12(14)18)5-10(9)16-8-2-4-11(17)15-6-8/h1,3,5,8,16H,2,4,6,13H2,(H2,14,18)(H,15,17). The Bertz CT molecular complexity index is 477. The lowest BCUT2D eigenvalue weighted by atomic mass is 10.1. The van der Waals surface area contributed by atoms with E-state index in [1.807, 2.05) is 0 Å². The normalized spacial score (nSPS) is 19.1. The molecule has 0 bridgehead atoms. The molecule has 0 saturated carbocycles. The van der Waals surface area contributed by atoms with E-state index < -0.39 is 5.91 Å². The quantitative estimate of drug-likeness (QED) is 0.567. The van der Waals surface area contributed by atoms with E-state index in [1.54, 1.807) is 18.2 Å². The Labute approximate surface area is 105 Å². The van der Waals surface area contributed by atoms with E-state index in [9.17, 15) is 9.59 Å². The van der Waals surface area contributed by atoms with E-state index in [2.05, 4.69) is 10.6 Å². The highest BCUT2D eigenvalue weighted by Crippen LogP contribution is 2.22. The maximum Gasteiger partial charge on any atom is 0.248 e. The summed E-state index contributed by atoms with van der Waals surface area (Å²) < 4.78 is 0. The molecule has 1 aromatic carbocycles. The first-order valence-electron chi connectivity index (χ1n) is 5.79. The highest BCUT2D eigenvalue weighted by atomic mass is 16.2. The van der Waals surface area contributed by atoms with Gasteiger partial charge in [-0.05, 0) is 24.6 Å². The summed E-state index contributed by atoms with van der Waals surface area (Å²) in [7, 11) is 0. The molecule has 0 radical (unpaired) electrons. The number of anilines is 2. The third kappa shape index (κ3) is 2.71. The summed E-state index contributed by atoms with van der Waals surface area (Å²) in [6.07, 6.45) is 1.24. The van der Waals surface area contributed by atoms with Crippen LogP contribution >= 0.6 is 0 Å². The van der Waals surface area contributed by atoms with Crippen molar-refractivity contribution in [2.75, 3.05) is 17.6 Å². The van der Waals surface area contributed by atoms with Crippen molar-refractivity contribution in [2.24, 2.45) is 5.73 Å². The van der Waals surface area contributed by atoms with Gasteiger partial charge in [0.2, 0.25) is 11.8 Å². The Morgan fingerprint density at radius 1 is 1.44 bits per heavy atom. The van der Waals surface area contributed by atoms with Gasteiger partial charge in [-0.2, -0.15) is 0 Å². The zero-order valence-electron chi connectivity index (χ0n) is 9.90. The van der Waals surface area contributed by atoms with Crippen LogP contribution in [-0.2, 0) is 4.79 Å². The maximum absolute atomic E-state index is 11.1. The van der Waals surface area contributed by atoms with Gasteiger partial charge < -0.3 is 22.1 Å². The van der Waals surface area contributed by atoms with Gasteiger partial charge in [-0.15, -0.1) is 0 Å². The number of benzene rings is 1. The minimum absolute atomic E-state index is 0.0620. The van der Waals surface area contributed by atoms with Gasteiger partial charge in [0.05, 0.1) is 11.4 Å². The number of amides is 2. The van der Waals surface area contributed by atoms with E-state index in [1.165, 1.54) is 0 Å². The third-order valence-electron chi connectivity index (χ3n) is 2.96. The summed E-state index contributed by atoms with van der Waals surface area (Å²) >= 11 is 0. The molecule has 0 aromatic heterocycles. The third-order valence-corrected chi connectivity index (χ3v) is 2.96. The van der Waals surface area contributed by atoms with Crippen LogP contribution in [0.5, 0.6) is 0 Å². The maximum atomic E-state index is 11.1. The second-order valence-electron chi connectivity index (χ2n) is 4.35. The lowest BCUT2D eigenvalue weighted by Crippen LogP contribution is -2.42. The molecule has 6 heteroatoms. The van der Waals surface area contributed by atoms with Gasteiger partial charge in [0.1, 0.15) is 0 Å². The fourth-order valence-electron chi connectivity index (χ4n) is 1.91. The lowest BCUT2D eigenvalue weighted by Gasteiger charge is -2.25. The van der Waals surface area contributed by atoms with Crippen molar-refractivity contribution < 1.29 is 9.59 Å². The largest absolute Gasteiger partial charge is 0.397 e. The molecule has 1 saturated heterocycles. The van der Waals surface area contributed by atoms with Crippen LogP contribution in [0.3, 0.4) is 0 Å². The van der Waals surface area contributed by atoms with Crippen molar-refractivity contribution in [3.63, 3.8) is 0 Å². The van der Waals surface area contributed by atoms with E-state index in [0.29, 0.717) is 29.9 Å². The average molecular weight is 248 g/mol. The van der Waals surface area contributed by atoms with Crippen LogP contribution in [0, 0.1) is 0 Å². The van der Waals surface area contributed by atoms with Gasteiger partial charge in [0.15, 0.2) is 0 Å². The van der Waals surface area contributed by atoms with Gasteiger partial charge in [-0.1, -0.05) is 0 Å². The molecule has 96 valence electrons. The van der Waals surface area contributed by atoms with Gasteiger partial charge in [0, 0.05) is 24.6 Å². The molecule has 1 aromatic rings. The van der Waals surface area contributed by atoms with Crippen LogP contribution in [0.2, 0.25) is 0 Å². The molecule has 1 unspecified atom stereocenters. The minimum Gasteiger partial charge on any atom is -0.397 e. The van der Waals surface area contributed by atoms with Gasteiger partial charge in [0.25, 0.3) is 0 Å². The predicted octanol–water partition coefficient (Wildman–Crippen LogP) is 0.0582. The Balaban J connectivity index is 2.10. The summed E-state index contributed by atoms with van der Waals surface area (Å²) in [5.74, 6) is -0.429. The molecule has 0 spiro atoms. The molecular weight excluding hydrogens is 232 g/mol. The van der Waals surface area contributed by atoms with E-state index >= 15 is 0 Å². The second-order valence-corrected chi connectivity index (χ2v) is 4.35. The minimum atomic E-state index is -0.491. The fraction of sp³-hybridized carbons (Fsp3) is 0.333.